The van der Waals surface area contributed by atoms with Crippen LogP contribution >= 0.6 is 0 Å². The SMILES string of the molecule is CCOC(=O)C(C)(N)c1ccc(OC)c(F)c1. The lowest BCUT2D eigenvalue weighted by atomic mass is 9.93. The van der Waals surface area contributed by atoms with Gasteiger partial charge in [-0.25, -0.2) is 9.18 Å². The molecule has 4 nitrogen and oxygen atoms in total. The van der Waals surface area contributed by atoms with Crippen LogP contribution in [0.5, 0.6) is 5.75 Å². The van der Waals surface area contributed by atoms with Gasteiger partial charge in [-0.05, 0) is 31.5 Å². The Balaban J connectivity index is 3.07. The number of halogens is 1. The fourth-order valence-corrected chi connectivity index (χ4v) is 1.39. The fraction of sp³-hybridized carbons (Fsp3) is 0.417. The Bertz CT molecular complexity index is 418. The van der Waals surface area contributed by atoms with Crippen molar-refractivity contribution in [2.75, 3.05) is 13.7 Å². The van der Waals surface area contributed by atoms with Crippen LogP contribution in [0, 0.1) is 5.82 Å². The van der Waals surface area contributed by atoms with E-state index in [1.165, 1.54) is 26.2 Å². The standard InChI is InChI=1S/C12H16FNO3/c1-4-17-11(15)12(2,14)8-5-6-10(16-3)9(13)7-8/h5-7H,4,14H2,1-3H3. The number of rotatable bonds is 4. The molecule has 17 heavy (non-hydrogen) atoms. The second-order valence-corrected chi connectivity index (χ2v) is 3.77. The number of hydrogen-bond donors (Lipinski definition) is 1. The molecule has 1 atom stereocenters. The average molecular weight is 241 g/mol. The maximum atomic E-state index is 13.5. The number of nitrogens with two attached hydrogens (primary N) is 1. The van der Waals surface area contributed by atoms with E-state index in [0.717, 1.165) is 0 Å². The molecule has 0 saturated carbocycles. The van der Waals surface area contributed by atoms with E-state index < -0.39 is 17.3 Å². The van der Waals surface area contributed by atoms with Crippen LogP contribution in [0.2, 0.25) is 0 Å². The minimum atomic E-state index is -1.37. The summed E-state index contributed by atoms with van der Waals surface area (Å²) in [6.07, 6.45) is 0. The lowest BCUT2D eigenvalue weighted by Crippen LogP contribution is -2.43. The zero-order chi connectivity index (χ0) is 13.1. The maximum absolute atomic E-state index is 13.5. The molecule has 94 valence electrons. The van der Waals surface area contributed by atoms with E-state index in [0.29, 0.717) is 5.56 Å². The van der Waals surface area contributed by atoms with Crippen LogP contribution < -0.4 is 10.5 Å². The normalized spacial score (nSPS) is 13.9. The zero-order valence-electron chi connectivity index (χ0n) is 10.1. The summed E-state index contributed by atoms with van der Waals surface area (Å²) >= 11 is 0. The highest BCUT2D eigenvalue weighted by atomic mass is 19.1. The molecule has 1 aromatic rings. The van der Waals surface area contributed by atoms with Crippen molar-refractivity contribution in [3.8, 4) is 5.75 Å². The second-order valence-electron chi connectivity index (χ2n) is 3.77. The summed E-state index contributed by atoms with van der Waals surface area (Å²) in [5.41, 5.74) is 4.82. The van der Waals surface area contributed by atoms with Gasteiger partial charge >= 0.3 is 5.97 Å². The molecule has 0 amide bonds. The van der Waals surface area contributed by atoms with Crippen molar-refractivity contribution in [2.24, 2.45) is 5.73 Å². The first-order valence-corrected chi connectivity index (χ1v) is 5.23. The van der Waals surface area contributed by atoms with E-state index in [1.807, 2.05) is 0 Å². The molecule has 0 saturated heterocycles. The third kappa shape index (κ3) is 2.74. The van der Waals surface area contributed by atoms with Gasteiger partial charge in [0.05, 0.1) is 13.7 Å². The quantitative estimate of drug-likeness (QED) is 0.813. The van der Waals surface area contributed by atoms with Gasteiger partial charge in [0.25, 0.3) is 0 Å². The molecule has 0 radical (unpaired) electrons. The first-order valence-electron chi connectivity index (χ1n) is 5.23. The molecule has 1 aromatic carbocycles. The molecule has 0 heterocycles. The highest BCUT2D eigenvalue weighted by Gasteiger charge is 2.32. The minimum absolute atomic E-state index is 0.105. The first kappa shape index (κ1) is 13.4. The summed E-state index contributed by atoms with van der Waals surface area (Å²) < 4.78 is 23.1. The Hall–Kier alpha value is -1.62. The van der Waals surface area contributed by atoms with Crippen LogP contribution in [0.1, 0.15) is 19.4 Å². The Labute approximate surface area is 99.5 Å². The molecule has 1 rings (SSSR count). The number of benzene rings is 1. The smallest absolute Gasteiger partial charge is 0.330 e. The maximum Gasteiger partial charge on any atom is 0.330 e. The van der Waals surface area contributed by atoms with Gasteiger partial charge in [-0.3, -0.25) is 0 Å². The highest BCUT2D eigenvalue weighted by molar-refractivity contribution is 5.81. The van der Waals surface area contributed by atoms with E-state index in [9.17, 15) is 9.18 Å². The van der Waals surface area contributed by atoms with Crippen LogP contribution in [-0.4, -0.2) is 19.7 Å². The van der Waals surface area contributed by atoms with Gasteiger partial charge < -0.3 is 15.2 Å². The van der Waals surface area contributed by atoms with Gasteiger partial charge in [-0.1, -0.05) is 6.07 Å². The Morgan fingerprint density at radius 1 is 1.53 bits per heavy atom. The van der Waals surface area contributed by atoms with Crippen LogP contribution in [0.15, 0.2) is 18.2 Å². The molecule has 1 unspecified atom stereocenters. The van der Waals surface area contributed by atoms with Gasteiger partial charge in [0.15, 0.2) is 11.6 Å². The third-order valence-corrected chi connectivity index (χ3v) is 2.45. The van der Waals surface area contributed by atoms with E-state index in [4.69, 9.17) is 15.2 Å². The number of methoxy groups -OCH3 is 1. The van der Waals surface area contributed by atoms with E-state index in [1.54, 1.807) is 13.0 Å². The Morgan fingerprint density at radius 3 is 2.65 bits per heavy atom. The van der Waals surface area contributed by atoms with Crippen LogP contribution in [0.25, 0.3) is 0 Å². The lowest BCUT2D eigenvalue weighted by molar-refractivity contribution is -0.149. The van der Waals surface area contributed by atoms with E-state index >= 15 is 0 Å². The topological polar surface area (TPSA) is 61.5 Å². The number of carbonyl (C=O) groups is 1. The first-order chi connectivity index (χ1) is 7.93. The largest absolute Gasteiger partial charge is 0.494 e. The molecular formula is C12H16FNO3. The second kappa shape index (κ2) is 5.14. The van der Waals surface area contributed by atoms with E-state index in [-0.39, 0.29) is 12.4 Å². The van der Waals surface area contributed by atoms with E-state index in [2.05, 4.69) is 0 Å². The summed E-state index contributed by atoms with van der Waals surface area (Å²) in [5, 5.41) is 0. The van der Waals surface area contributed by atoms with Gasteiger partial charge in [-0.2, -0.15) is 0 Å². The van der Waals surface area contributed by atoms with Crippen LogP contribution in [0.3, 0.4) is 0 Å². The molecular weight excluding hydrogens is 225 g/mol. The predicted octanol–water partition coefficient (Wildman–Crippen LogP) is 1.57. The van der Waals surface area contributed by atoms with Crippen molar-refractivity contribution < 1.29 is 18.7 Å². The zero-order valence-corrected chi connectivity index (χ0v) is 10.1. The van der Waals surface area contributed by atoms with Gasteiger partial charge in [0.2, 0.25) is 0 Å². The Kier molecular flexibility index (Phi) is 4.07. The summed E-state index contributed by atoms with van der Waals surface area (Å²) in [4.78, 5) is 11.6. The van der Waals surface area contributed by atoms with Crippen molar-refractivity contribution in [1.82, 2.24) is 0 Å². The number of hydrogen-bond acceptors (Lipinski definition) is 4. The van der Waals surface area contributed by atoms with Gasteiger partial charge in [0, 0.05) is 0 Å². The van der Waals surface area contributed by atoms with Crippen molar-refractivity contribution in [3.63, 3.8) is 0 Å². The summed E-state index contributed by atoms with van der Waals surface area (Å²) in [5.74, 6) is -1.05. The molecule has 5 heteroatoms. The highest BCUT2D eigenvalue weighted by Crippen LogP contribution is 2.25. The number of ether oxygens (including phenoxy) is 2. The number of carbonyl (C=O) groups excluding carboxylic acids is 1. The van der Waals surface area contributed by atoms with Crippen molar-refractivity contribution in [3.05, 3.63) is 29.6 Å². The minimum Gasteiger partial charge on any atom is -0.494 e. The van der Waals surface area contributed by atoms with Gasteiger partial charge in [-0.15, -0.1) is 0 Å². The molecule has 0 spiro atoms. The molecule has 0 aliphatic carbocycles. The molecule has 0 aliphatic rings. The molecule has 0 fully saturated rings. The summed E-state index contributed by atoms with van der Waals surface area (Å²) in [7, 11) is 1.37. The molecule has 0 aliphatic heterocycles. The molecule has 0 aromatic heterocycles. The third-order valence-electron chi connectivity index (χ3n) is 2.45. The van der Waals surface area contributed by atoms with Crippen molar-refractivity contribution in [1.29, 1.82) is 0 Å². The molecule has 2 N–H and O–H groups in total. The summed E-state index contributed by atoms with van der Waals surface area (Å²) in [6.45, 7) is 3.39. The van der Waals surface area contributed by atoms with Crippen LogP contribution in [-0.2, 0) is 15.1 Å². The van der Waals surface area contributed by atoms with Crippen molar-refractivity contribution >= 4 is 5.97 Å². The van der Waals surface area contributed by atoms with Crippen LogP contribution in [0.4, 0.5) is 4.39 Å². The lowest BCUT2D eigenvalue weighted by Gasteiger charge is -2.23. The predicted molar refractivity (Wildman–Crippen MR) is 61.1 cm³/mol. The fourth-order valence-electron chi connectivity index (χ4n) is 1.39. The summed E-state index contributed by atoms with van der Waals surface area (Å²) in [6, 6.07) is 4.14. The molecule has 0 bridgehead atoms. The van der Waals surface area contributed by atoms with Gasteiger partial charge in [0.1, 0.15) is 5.54 Å². The average Bonchev–Trinajstić information content (AvgIpc) is 2.29. The number of esters is 1. The van der Waals surface area contributed by atoms with Crippen molar-refractivity contribution in [2.45, 2.75) is 19.4 Å². The monoisotopic (exact) mass is 241 g/mol. The Morgan fingerprint density at radius 2 is 2.18 bits per heavy atom.